The molecule has 0 aliphatic heterocycles. The molecule has 3 N–H and O–H groups in total. The van der Waals surface area contributed by atoms with E-state index in [-0.39, 0.29) is 29.3 Å². The van der Waals surface area contributed by atoms with Crippen LogP contribution >= 0.6 is 0 Å². The number of rotatable bonds is 11. The van der Waals surface area contributed by atoms with Crippen molar-refractivity contribution >= 4 is 45.8 Å². The summed E-state index contributed by atoms with van der Waals surface area (Å²) < 4.78 is 46.2. The molecule has 230 valence electrons. The van der Waals surface area contributed by atoms with Gasteiger partial charge in [0.25, 0.3) is 5.91 Å². The number of hydrogen-bond acceptors (Lipinski definition) is 7. The van der Waals surface area contributed by atoms with Crippen molar-refractivity contribution in [1.82, 2.24) is 19.4 Å². The third-order valence-electron chi connectivity index (χ3n) is 6.30. The van der Waals surface area contributed by atoms with Crippen LogP contribution in [0, 0.1) is 0 Å². The maximum Gasteiger partial charge on any atom is 0.422 e. The van der Waals surface area contributed by atoms with E-state index in [9.17, 15) is 27.6 Å². The number of anilines is 3. The molecule has 0 bridgehead atoms. The zero-order chi connectivity index (χ0) is 32.0. The van der Waals surface area contributed by atoms with E-state index in [0.29, 0.717) is 12.1 Å². The molecule has 4 rings (SSSR count). The smallest absolute Gasteiger partial charge is 0.422 e. The Hall–Kier alpha value is -5.24. The van der Waals surface area contributed by atoms with Crippen molar-refractivity contribution in [2.75, 3.05) is 43.2 Å². The molecule has 3 aromatic heterocycles. The summed E-state index contributed by atoms with van der Waals surface area (Å²) >= 11 is 0. The Bertz CT molecular complexity index is 1720. The summed E-state index contributed by atoms with van der Waals surface area (Å²) in [7, 11) is 5.41. The minimum atomic E-state index is -4.73. The van der Waals surface area contributed by atoms with Gasteiger partial charge in [-0.15, -0.1) is 0 Å². The van der Waals surface area contributed by atoms with Gasteiger partial charge in [0.1, 0.15) is 11.4 Å². The van der Waals surface area contributed by atoms with Gasteiger partial charge in [0.2, 0.25) is 17.7 Å². The lowest BCUT2D eigenvalue weighted by atomic mass is 10.1. The molecule has 0 radical (unpaired) electrons. The van der Waals surface area contributed by atoms with Crippen molar-refractivity contribution in [3.05, 3.63) is 73.2 Å². The SMILES string of the molecule is C=CC(=O)Nc1cc(NC(=O)c2cc(-c3cn(C)c4ccccc34)ccn2)c(OCC(F)(F)F)nc1NC(=O)CCN(C)C. The van der Waals surface area contributed by atoms with Gasteiger partial charge in [0, 0.05) is 48.9 Å². The summed E-state index contributed by atoms with van der Waals surface area (Å²) in [6, 6.07) is 12.1. The second-order valence-electron chi connectivity index (χ2n) is 9.99. The number of nitrogens with one attached hydrogen (secondary N) is 3. The fraction of sp³-hybridized carbons (Fsp3) is 0.233. The Morgan fingerprint density at radius 3 is 2.52 bits per heavy atom. The first kappa shape index (κ1) is 31.7. The van der Waals surface area contributed by atoms with Crippen LogP contribution in [-0.2, 0) is 16.6 Å². The van der Waals surface area contributed by atoms with Gasteiger partial charge in [-0.25, -0.2) is 0 Å². The molecule has 3 heterocycles. The van der Waals surface area contributed by atoms with Gasteiger partial charge in [0.15, 0.2) is 12.4 Å². The van der Waals surface area contributed by atoms with Crippen molar-refractivity contribution < 1.29 is 32.3 Å². The Morgan fingerprint density at radius 2 is 1.82 bits per heavy atom. The number of fused-ring (bicyclic) bond motifs is 1. The fourth-order valence-corrected chi connectivity index (χ4v) is 4.22. The first-order chi connectivity index (χ1) is 20.8. The van der Waals surface area contributed by atoms with E-state index in [2.05, 4.69) is 32.5 Å². The standard InChI is InChI=1S/C30H30F3N7O4/c1-5-25(41)35-21-15-23(29(44-17-30(31,32)33)38-27(21)37-26(42)11-13-39(2)3)36-28(43)22-14-18(10-12-34-22)20-16-40(4)24-9-7-6-8-19(20)24/h5-10,12,14-16H,1,11,13,17H2,2-4H3,(H,35,41)(H,36,43)(H,37,38,42). The summed E-state index contributed by atoms with van der Waals surface area (Å²) in [4.78, 5) is 47.9. The first-order valence-corrected chi connectivity index (χ1v) is 13.3. The van der Waals surface area contributed by atoms with Gasteiger partial charge in [0.05, 0.1) is 5.69 Å². The highest BCUT2D eigenvalue weighted by atomic mass is 19.4. The molecule has 0 fully saturated rings. The topological polar surface area (TPSA) is 130 Å². The van der Waals surface area contributed by atoms with Crippen LogP contribution in [0.15, 0.2) is 67.5 Å². The van der Waals surface area contributed by atoms with Gasteiger partial charge in [-0.05, 0) is 50.0 Å². The van der Waals surface area contributed by atoms with E-state index < -0.39 is 36.4 Å². The van der Waals surface area contributed by atoms with Crippen LogP contribution < -0.4 is 20.7 Å². The second-order valence-corrected chi connectivity index (χ2v) is 9.99. The number of hydrogen-bond donors (Lipinski definition) is 3. The Morgan fingerprint density at radius 1 is 1.07 bits per heavy atom. The maximum atomic E-state index is 13.4. The van der Waals surface area contributed by atoms with Gasteiger partial charge in [-0.1, -0.05) is 24.8 Å². The molecular weight excluding hydrogens is 579 g/mol. The molecule has 0 unspecified atom stereocenters. The molecule has 14 heteroatoms. The molecule has 0 spiro atoms. The van der Waals surface area contributed by atoms with E-state index >= 15 is 0 Å². The average molecular weight is 610 g/mol. The van der Waals surface area contributed by atoms with Crippen LogP contribution in [0.4, 0.5) is 30.4 Å². The van der Waals surface area contributed by atoms with Gasteiger partial charge < -0.3 is 30.2 Å². The number of nitrogens with zero attached hydrogens (tertiary/aromatic N) is 4. The molecule has 11 nitrogen and oxygen atoms in total. The predicted octanol–water partition coefficient (Wildman–Crippen LogP) is 4.84. The van der Waals surface area contributed by atoms with Crippen LogP contribution in [0.3, 0.4) is 0 Å². The normalized spacial score (nSPS) is 11.3. The Balaban J connectivity index is 1.70. The highest BCUT2D eigenvalue weighted by Crippen LogP contribution is 2.34. The molecule has 3 amide bonds. The van der Waals surface area contributed by atoms with Crippen molar-refractivity contribution in [2.24, 2.45) is 7.05 Å². The van der Waals surface area contributed by atoms with Crippen LogP contribution in [-0.4, -0.2) is 70.6 Å². The molecule has 44 heavy (non-hydrogen) atoms. The minimum Gasteiger partial charge on any atom is -0.466 e. The predicted molar refractivity (Wildman–Crippen MR) is 161 cm³/mol. The van der Waals surface area contributed by atoms with Crippen molar-refractivity contribution in [3.8, 4) is 17.0 Å². The molecule has 0 aliphatic carbocycles. The quantitative estimate of drug-likeness (QED) is 0.208. The van der Waals surface area contributed by atoms with Crippen molar-refractivity contribution in [3.63, 3.8) is 0 Å². The monoisotopic (exact) mass is 609 g/mol. The summed E-state index contributed by atoms with van der Waals surface area (Å²) in [6.07, 6.45) is -0.406. The molecule has 0 atom stereocenters. The van der Waals surface area contributed by atoms with Gasteiger partial charge in [-0.3, -0.25) is 19.4 Å². The highest BCUT2D eigenvalue weighted by Gasteiger charge is 2.30. The number of aryl methyl sites for hydroxylation is 1. The van der Waals surface area contributed by atoms with Crippen LogP contribution in [0.1, 0.15) is 16.9 Å². The highest BCUT2D eigenvalue weighted by molar-refractivity contribution is 6.07. The number of amides is 3. The average Bonchev–Trinajstić information content (AvgIpc) is 3.32. The van der Waals surface area contributed by atoms with E-state index in [4.69, 9.17) is 4.74 Å². The number of carbonyl (C=O) groups is 3. The summed E-state index contributed by atoms with van der Waals surface area (Å²) in [5.74, 6) is -2.92. The number of benzene rings is 1. The Labute approximate surface area is 250 Å². The van der Waals surface area contributed by atoms with Crippen LogP contribution in [0.2, 0.25) is 0 Å². The molecular formula is C30H30F3N7O4. The number of pyridine rings is 2. The van der Waals surface area contributed by atoms with Crippen LogP contribution in [0.5, 0.6) is 5.88 Å². The number of aromatic nitrogens is 3. The number of halogens is 3. The summed E-state index contributed by atoms with van der Waals surface area (Å²) in [6.45, 7) is 2.02. The number of alkyl halides is 3. The maximum absolute atomic E-state index is 13.4. The molecule has 0 saturated heterocycles. The molecule has 1 aromatic carbocycles. The third kappa shape index (κ3) is 7.98. The largest absolute Gasteiger partial charge is 0.466 e. The first-order valence-electron chi connectivity index (χ1n) is 13.3. The molecule has 0 saturated carbocycles. The van der Waals surface area contributed by atoms with E-state index in [1.165, 1.54) is 6.20 Å². The lowest BCUT2D eigenvalue weighted by Gasteiger charge is -2.18. The summed E-state index contributed by atoms with van der Waals surface area (Å²) in [5.41, 5.74) is 2.05. The molecule has 4 aromatic rings. The van der Waals surface area contributed by atoms with E-state index in [1.807, 2.05) is 42.1 Å². The molecule has 0 aliphatic rings. The van der Waals surface area contributed by atoms with Crippen LogP contribution in [0.25, 0.3) is 22.0 Å². The van der Waals surface area contributed by atoms with Gasteiger partial charge >= 0.3 is 6.18 Å². The fourth-order valence-electron chi connectivity index (χ4n) is 4.22. The second kappa shape index (κ2) is 13.4. The lowest BCUT2D eigenvalue weighted by molar-refractivity contribution is -0.154. The summed E-state index contributed by atoms with van der Waals surface area (Å²) in [5, 5.41) is 8.34. The van der Waals surface area contributed by atoms with Gasteiger partial charge in [-0.2, -0.15) is 18.2 Å². The number of carbonyl (C=O) groups excluding carboxylic acids is 3. The zero-order valence-electron chi connectivity index (χ0n) is 24.2. The lowest BCUT2D eigenvalue weighted by Crippen LogP contribution is -2.24. The van der Waals surface area contributed by atoms with Crippen molar-refractivity contribution in [2.45, 2.75) is 12.6 Å². The number of para-hydroxylation sites is 1. The third-order valence-corrected chi connectivity index (χ3v) is 6.30. The minimum absolute atomic E-state index is 0.0272. The Kier molecular flexibility index (Phi) is 9.63. The number of ether oxygens (including phenoxy) is 1. The zero-order valence-corrected chi connectivity index (χ0v) is 24.2. The van der Waals surface area contributed by atoms with E-state index in [0.717, 1.165) is 28.6 Å². The van der Waals surface area contributed by atoms with Crippen molar-refractivity contribution in [1.29, 1.82) is 0 Å². The van der Waals surface area contributed by atoms with E-state index in [1.54, 1.807) is 31.1 Å².